The molecule has 0 saturated heterocycles. The third-order valence-electron chi connectivity index (χ3n) is 3.40. The van der Waals surface area contributed by atoms with Gasteiger partial charge in [-0.3, -0.25) is 4.79 Å². The zero-order chi connectivity index (χ0) is 18.1. The average Bonchev–Trinajstić information content (AvgIpc) is 2.65. The van der Waals surface area contributed by atoms with E-state index in [1.54, 1.807) is 31.2 Å². The van der Waals surface area contributed by atoms with Gasteiger partial charge in [0, 0.05) is 11.8 Å². The summed E-state index contributed by atoms with van der Waals surface area (Å²) in [4.78, 5) is 23.3. The molecule has 6 heteroatoms. The Kier molecular flexibility index (Phi) is 6.98. The molecule has 0 spiro atoms. The molecule has 1 atom stereocenters. The van der Waals surface area contributed by atoms with Crippen molar-refractivity contribution in [2.24, 2.45) is 0 Å². The number of rotatable bonds is 8. The second-order valence-corrected chi connectivity index (χ2v) is 5.32. The van der Waals surface area contributed by atoms with E-state index in [9.17, 15) is 9.59 Å². The van der Waals surface area contributed by atoms with Crippen LogP contribution in [-0.2, 0) is 25.7 Å². The highest BCUT2D eigenvalue weighted by Crippen LogP contribution is 2.18. The summed E-state index contributed by atoms with van der Waals surface area (Å²) >= 11 is 0. The van der Waals surface area contributed by atoms with Crippen molar-refractivity contribution in [1.29, 1.82) is 0 Å². The Morgan fingerprint density at radius 1 is 1.08 bits per heavy atom. The molecule has 0 radical (unpaired) electrons. The van der Waals surface area contributed by atoms with E-state index >= 15 is 0 Å². The van der Waals surface area contributed by atoms with E-state index in [2.05, 4.69) is 10.1 Å². The number of methoxy groups -OCH3 is 1. The van der Waals surface area contributed by atoms with Crippen LogP contribution in [-0.4, -0.2) is 31.7 Å². The van der Waals surface area contributed by atoms with Gasteiger partial charge in [-0.25, -0.2) is 4.79 Å². The first-order valence-electron chi connectivity index (χ1n) is 7.84. The smallest absolute Gasteiger partial charge is 0.343 e. The minimum atomic E-state index is -0.611. The Bertz CT molecular complexity index is 702. The van der Waals surface area contributed by atoms with Gasteiger partial charge in [-0.15, -0.1) is 0 Å². The zero-order valence-corrected chi connectivity index (χ0v) is 14.2. The Labute approximate surface area is 146 Å². The molecule has 2 aromatic carbocycles. The molecule has 1 N–H and O–H groups in total. The molecule has 0 aliphatic rings. The van der Waals surface area contributed by atoms with Crippen molar-refractivity contribution in [3.63, 3.8) is 0 Å². The third-order valence-corrected chi connectivity index (χ3v) is 3.40. The van der Waals surface area contributed by atoms with Gasteiger partial charge in [-0.2, -0.15) is 0 Å². The summed E-state index contributed by atoms with van der Waals surface area (Å²) in [5.74, 6) is -0.278. The van der Waals surface area contributed by atoms with Gasteiger partial charge in [0.1, 0.15) is 11.9 Å². The molecule has 0 saturated carbocycles. The minimum absolute atomic E-state index is 0.190. The molecule has 25 heavy (non-hydrogen) atoms. The van der Waals surface area contributed by atoms with Crippen LogP contribution in [0.4, 0.5) is 5.69 Å². The Morgan fingerprint density at radius 3 is 2.56 bits per heavy atom. The number of carbonyl (C=O) groups is 2. The third kappa shape index (κ3) is 6.27. The van der Waals surface area contributed by atoms with Crippen molar-refractivity contribution in [2.75, 3.05) is 19.0 Å². The summed E-state index contributed by atoms with van der Waals surface area (Å²) < 4.78 is 15.4. The van der Waals surface area contributed by atoms with E-state index in [1.807, 2.05) is 30.3 Å². The molecule has 0 bridgehead atoms. The van der Waals surface area contributed by atoms with Gasteiger partial charge < -0.3 is 19.5 Å². The molecule has 0 heterocycles. The van der Waals surface area contributed by atoms with Gasteiger partial charge in [0.15, 0.2) is 6.61 Å². The van der Waals surface area contributed by atoms with Crippen molar-refractivity contribution in [2.45, 2.75) is 19.6 Å². The van der Waals surface area contributed by atoms with Crippen LogP contribution in [0.3, 0.4) is 0 Å². The number of hydrogen-bond acceptors (Lipinski definition) is 5. The summed E-state index contributed by atoms with van der Waals surface area (Å²) in [6, 6.07) is 16.4. The Hall–Kier alpha value is -2.86. The number of benzene rings is 2. The van der Waals surface area contributed by atoms with Crippen LogP contribution >= 0.6 is 0 Å². The average molecular weight is 343 g/mol. The molecular weight excluding hydrogens is 322 g/mol. The van der Waals surface area contributed by atoms with Gasteiger partial charge in [0.05, 0.1) is 13.7 Å². The number of ether oxygens (including phenoxy) is 3. The number of nitrogens with one attached hydrogen (secondary N) is 1. The van der Waals surface area contributed by atoms with E-state index in [4.69, 9.17) is 9.47 Å². The summed E-state index contributed by atoms with van der Waals surface area (Å²) in [5.41, 5.74) is 1.56. The summed E-state index contributed by atoms with van der Waals surface area (Å²) in [6.07, 6.45) is -0.611. The molecule has 6 nitrogen and oxygen atoms in total. The molecule has 0 aromatic heterocycles. The minimum Gasteiger partial charge on any atom is -0.482 e. The van der Waals surface area contributed by atoms with Crippen molar-refractivity contribution >= 4 is 17.6 Å². The maximum absolute atomic E-state index is 12.2. The molecule has 132 valence electrons. The SMILES string of the molecule is COC(=O)COc1cccc(NC(=O)C(C)OCc2ccccc2)c1. The topological polar surface area (TPSA) is 73.9 Å². The molecule has 2 aromatic rings. The number of carbonyl (C=O) groups excluding carboxylic acids is 2. The van der Waals surface area contributed by atoms with Crippen LogP contribution in [0.5, 0.6) is 5.75 Å². The van der Waals surface area contributed by atoms with E-state index < -0.39 is 12.1 Å². The summed E-state index contributed by atoms with van der Waals surface area (Å²) in [5, 5.41) is 2.76. The Morgan fingerprint density at radius 2 is 1.84 bits per heavy atom. The van der Waals surface area contributed by atoms with Gasteiger partial charge in [0.25, 0.3) is 5.91 Å². The van der Waals surface area contributed by atoms with Gasteiger partial charge in [0.2, 0.25) is 0 Å². The highest BCUT2D eigenvalue weighted by Gasteiger charge is 2.14. The van der Waals surface area contributed by atoms with E-state index in [-0.39, 0.29) is 12.5 Å². The molecule has 0 aliphatic heterocycles. The maximum atomic E-state index is 12.2. The largest absolute Gasteiger partial charge is 0.482 e. The van der Waals surface area contributed by atoms with E-state index in [0.29, 0.717) is 18.0 Å². The van der Waals surface area contributed by atoms with Crippen LogP contribution in [0.15, 0.2) is 54.6 Å². The number of amides is 1. The molecule has 1 unspecified atom stereocenters. The molecule has 0 fully saturated rings. The second kappa shape index (κ2) is 9.44. The molecular formula is C19H21NO5. The van der Waals surface area contributed by atoms with Gasteiger partial charge in [-0.05, 0) is 24.6 Å². The molecule has 2 rings (SSSR count). The number of esters is 1. The fourth-order valence-corrected chi connectivity index (χ4v) is 1.98. The van der Waals surface area contributed by atoms with Crippen LogP contribution in [0, 0.1) is 0 Å². The molecule has 1 amide bonds. The van der Waals surface area contributed by atoms with Crippen molar-refractivity contribution < 1.29 is 23.8 Å². The van der Waals surface area contributed by atoms with Crippen LogP contribution in [0.25, 0.3) is 0 Å². The van der Waals surface area contributed by atoms with Crippen LogP contribution in [0.1, 0.15) is 12.5 Å². The summed E-state index contributed by atoms with van der Waals surface area (Å²) in [7, 11) is 1.29. The monoisotopic (exact) mass is 343 g/mol. The highest BCUT2D eigenvalue weighted by atomic mass is 16.6. The lowest BCUT2D eigenvalue weighted by Gasteiger charge is -2.14. The number of anilines is 1. The van der Waals surface area contributed by atoms with E-state index in [1.165, 1.54) is 7.11 Å². The Balaban J connectivity index is 1.85. The number of hydrogen-bond donors (Lipinski definition) is 1. The zero-order valence-electron chi connectivity index (χ0n) is 14.2. The predicted octanol–water partition coefficient (Wildman–Crippen LogP) is 2.78. The van der Waals surface area contributed by atoms with Crippen molar-refractivity contribution in [1.82, 2.24) is 0 Å². The van der Waals surface area contributed by atoms with Gasteiger partial charge in [-0.1, -0.05) is 36.4 Å². The fraction of sp³-hybridized carbons (Fsp3) is 0.263. The molecule has 0 aliphatic carbocycles. The first kappa shape index (κ1) is 18.5. The van der Waals surface area contributed by atoms with Crippen molar-refractivity contribution in [3.05, 3.63) is 60.2 Å². The lowest BCUT2D eigenvalue weighted by Crippen LogP contribution is -2.27. The normalized spacial score (nSPS) is 11.4. The van der Waals surface area contributed by atoms with E-state index in [0.717, 1.165) is 5.56 Å². The lowest BCUT2D eigenvalue weighted by molar-refractivity contribution is -0.142. The highest BCUT2D eigenvalue weighted by molar-refractivity contribution is 5.94. The lowest BCUT2D eigenvalue weighted by atomic mass is 10.2. The maximum Gasteiger partial charge on any atom is 0.343 e. The summed E-state index contributed by atoms with van der Waals surface area (Å²) in [6.45, 7) is 1.86. The van der Waals surface area contributed by atoms with Crippen LogP contribution < -0.4 is 10.1 Å². The second-order valence-electron chi connectivity index (χ2n) is 5.32. The standard InChI is InChI=1S/C19H21NO5/c1-14(24-12-15-7-4-3-5-8-15)19(22)20-16-9-6-10-17(11-16)25-13-18(21)23-2/h3-11,14H,12-13H2,1-2H3,(H,20,22). The fourth-order valence-electron chi connectivity index (χ4n) is 1.98. The first-order chi connectivity index (χ1) is 12.1. The van der Waals surface area contributed by atoms with Crippen molar-refractivity contribution in [3.8, 4) is 5.75 Å². The predicted molar refractivity (Wildman–Crippen MR) is 93.3 cm³/mol. The first-order valence-corrected chi connectivity index (χ1v) is 7.84. The van der Waals surface area contributed by atoms with Crippen LogP contribution in [0.2, 0.25) is 0 Å². The quantitative estimate of drug-likeness (QED) is 0.746. The van der Waals surface area contributed by atoms with Gasteiger partial charge >= 0.3 is 5.97 Å².